The van der Waals surface area contributed by atoms with Crippen LogP contribution in [-0.2, 0) is 30.8 Å². The first-order chi connectivity index (χ1) is 16.0. The number of aromatic nitrogens is 2. The maximum absolute atomic E-state index is 12.9. The van der Waals surface area contributed by atoms with Crippen LogP contribution in [0.15, 0.2) is 58.6 Å². The molecule has 0 unspecified atom stereocenters. The summed E-state index contributed by atoms with van der Waals surface area (Å²) in [6, 6.07) is 14.1. The standard InChI is InChI=1S/C22H26N4O5S2/c1-30-12-11-26-20-8-3-2-7-19(20)24-22(26)32-16-21(27)23-17-5-4-6-18(15-17)33(28,29)25-9-13-31-14-10-25/h2-8,15H,9-14,16H2,1H3,(H,23,27). The number of amides is 1. The zero-order chi connectivity index (χ0) is 23.3. The van der Waals surface area contributed by atoms with E-state index in [0.29, 0.717) is 45.1 Å². The number of morpholine rings is 1. The number of ether oxygens (including phenoxy) is 2. The summed E-state index contributed by atoms with van der Waals surface area (Å²) < 4.78 is 39.6. The Kier molecular flexibility index (Phi) is 7.66. The van der Waals surface area contributed by atoms with Gasteiger partial charge in [-0.3, -0.25) is 4.79 Å². The number of benzene rings is 2. The van der Waals surface area contributed by atoms with Crippen LogP contribution in [0.3, 0.4) is 0 Å². The number of hydrogen-bond acceptors (Lipinski definition) is 7. The molecule has 11 heteroatoms. The smallest absolute Gasteiger partial charge is 0.243 e. The van der Waals surface area contributed by atoms with Gasteiger partial charge in [0.1, 0.15) is 0 Å². The van der Waals surface area contributed by atoms with Crippen LogP contribution in [0, 0.1) is 0 Å². The third-order valence-electron chi connectivity index (χ3n) is 5.20. The van der Waals surface area contributed by atoms with E-state index in [4.69, 9.17) is 9.47 Å². The molecule has 0 radical (unpaired) electrons. The molecule has 0 saturated carbocycles. The van der Waals surface area contributed by atoms with Gasteiger partial charge in [-0.15, -0.1) is 0 Å². The molecular formula is C22H26N4O5S2. The second-order valence-corrected chi connectivity index (χ2v) is 10.3. The van der Waals surface area contributed by atoms with Gasteiger partial charge in [0.05, 0.1) is 41.5 Å². The van der Waals surface area contributed by atoms with Crippen LogP contribution in [0.25, 0.3) is 11.0 Å². The van der Waals surface area contributed by atoms with E-state index in [-0.39, 0.29) is 16.6 Å². The molecule has 1 aromatic heterocycles. The molecule has 1 fully saturated rings. The Morgan fingerprint density at radius 1 is 1.18 bits per heavy atom. The van der Waals surface area contributed by atoms with Crippen LogP contribution in [0.2, 0.25) is 0 Å². The van der Waals surface area contributed by atoms with Crippen molar-refractivity contribution in [2.24, 2.45) is 0 Å². The Morgan fingerprint density at radius 2 is 1.97 bits per heavy atom. The van der Waals surface area contributed by atoms with Crippen molar-refractivity contribution in [1.82, 2.24) is 13.9 Å². The van der Waals surface area contributed by atoms with Gasteiger partial charge in [0.2, 0.25) is 15.9 Å². The fourth-order valence-corrected chi connectivity index (χ4v) is 5.85. The van der Waals surface area contributed by atoms with E-state index >= 15 is 0 Å². The number of thioether (sulfide) groups is 1. The van der Waals surface area contributed by atoms with E-state index in [1.54, 1.807) is 19.2 Å². The Hall–Kier alpha value is -2.44. The van der Waals surface area contributed by atoms with Crippen LogP contribution < -0.4 is 5.32 Å². The number of hydrogen-bond donors (Lipinski definition) is 1. The monoisotopic (exact) mass is 490 g/mol. The third kappa shape index (κ3) is 5.56. The number of rotatable bonds is 9. The highest BCUT2D eigenvalue weighted by molar-refractivity contribution is 7.99. The van der Waals surface area contributed by atoms with Gasteiger partial charge in [0, 0.05) is 32.4 Å². The summed E-state index contributed by atoms with van der Waals surface area (Å²) in [6.07, 6.45) is 0. The molecule has 3 aromatic rings. The number of fused-ring (bicyclic) bond motifs is 1. The number of nitrogens with zero attached hydrogens (tertiary/aromatic N) is 3. The molecule has 0 bridgehead atoms. The fourth-order valence-electron chi connectivity index (χ4n) is 3.56. The summed E-state index contributed by atoms with van der Waals surface area (Å²) in [6.45, 7) is 2.55. The van der Waals surface area contributed by atoms with Crippen molar-refractivity contribution in [2.75, 3.05) is 51.1 Å². The molecule has 176 valence electrons. The first-order valence-corrected chi connectivity index (χ1v) is 13.0. The van der Waals surface area contributed by atoms with Gasteiger partial charge in [-0.05, 0) is 30.3 Å². The lowest BCUT2D eigenvalue weighted by Crippen LogP contribution is -2.40. The molecule has 0 atom stereocenters. The highest BCUT2D eigenvalue weighted by atomic mass is 32.2. The lowest BCUT2D eigenvalue weighted by atomic mass is 10.3. The summed E-state index contributed by atoms with van der Waals surface area (Å²) in [5, 5.41) is 3.52. The number of sulfonamides is 1. The van der Waals surface area contributed by atoms with Crippen LogP contribution in [0.5, 0.6) is 0 Å². The van der Waals surface area contributed by atoms with Gasteiger partial charge in [-0.1, -0.05) is 30.0 Å². The summed E-state index contributed by atoms with van der Waals surface area (Å²) in [4.78, 5) is 17.4. The Bertz CT molecular complexity index is 1220. The number of imidazole rings is 1. The van der Waals surface area contributed by atoms with Crippen molar-refractivity contribution in [3.8, 4) is 0 Å². The average molecular weight is 491 g/mol. The van der Waals surface area contributed by atoms with Crippen molar-refractivity contribution in [1.29, 1.82) is 0 Å². The molecule has 2 heterocycles. The summed E-state index contributed by atoms with van der Waals surface area (Å²) >= 11 is 1.33. The number of nitrogens with one attached hydrogen (secondary N) is 1. The van der Waals surface area contributed by atoms with Crippen LogP contribution in [0.4, 0.5) is 5.69 Å². The molecule has 0 aliphatic carbocycles. The zero-order valence-corrected chi connectivity index (χ0v) is 19.9. The Morgan fingerprint density at radius 3 is 2.76 bits per heavy atom. The molecule has 1 aliphatic heterocycles. The maximum atomic E-state index is 12.9. The summed E-state index contributed by atoms with van der Waals surface area (Å²) in [5.74, 6) is -0.109. The predicted octanol–water partition coefficient (Wildman–Crippen LogP) is 2.43. The summed E-state index contributed by atoms with van der Waals surface area (Å²) in [7, 11) is -1.99. The SMILES string of the molecule is COCCn1c(SCC(=O)Nc2cccc(S(=O)(=O)N3CCOCC3)c2)nc2ccccc21. The van der Waals surface area contributed by atoms with Gasteiger partial charge >= 0.3 is 0 Å². The second-order valence-electron chi connectivity index (χ2n) is 7.41. The van der Waals surface area contributed by atoms with Gasteiger partial charge < -0.3 is 19.4 Å². The molecule has 1 aliphatic rings. The van der Waals surface area contributed by atoms with Crippen LogP contribution in [0.1, 0.15) is 0 Å². The van der Waals surface area contributed by atoms with E-state index < -0.39 is 10.0 Å². The minimum absolute atomic E-state index is 0.136. The third-order valence-corrected chi connectivity index (χ3v) is 8.07. The van der Waals surface area contributed by atoms with Gasteiger partial charge in [-0.25, -0.2) is 13.4 Å². The Labute approximate surface area is 197 Å². The van der Waals surface area contributed by atoms with Crippen molar-refractivity contribution in [2.45, 2.75) is 16.6 Å². The predicted molar refractivity (Wildman–Crippen MR) is 127 cm³/mol. The van der Waals surface area contributed by atoms with E-state index in [1.807, 2.05) is 28.8 Å². The molecule has 0 spiro atoms. The van der Waals surface area contributed by atoms with Gasteiger partial charge in [0.25, 0.3) is 0 Å². The number of carbonyl (C=O) groups is 1. The largest absolute Gasteiger partial charge is 0.383 e. The Balaban J connectivity index is 1.43. The maximum Gasteiger partial charge on any atom is 0.243 e. The molecule has 2 aromatic carbocycles. The second kappa shape index (κ2) is 10.7. The minimum atomic E-state index is -3.63. The topological polar surface area (TPSA) is 103 Å². The van der Waals surface area contributed by atoms with E-state index in [0.717, 1.165) is 16.2 Å². The van der Waals surface area contributed by atoms with Crippen LogP contribution in [-0.4, -0.2) is 74.0 Å². The highest BCUT2D eigenvalue weighted by Gasteiger charge is 2.26. The van der Waals surface area contributed by atoms with Crippen molar-refractivity contribution < 1.29 is 22.7 Å². The molecule has 9 nitrogen and oxygen atoms in total. The minimum Gasteiger partial charge on any atom is -0.383 e. The van der Waals surface area contributed by atoms with Crippen molar-refractivity contribution in [3.05, 3.63) is 48.5 Å². The van der Waals surface area contributed by atoms with Crippen molar-refractivity contribution >= 4 is 44.4 Å². The molecule has 1 saturated heterocycles. The molecular weight excluding hydrogens is 464 g/mol. The quantitative estimate of drug-likeness (QED) is 0.460. The number of anilines is 1. The fraction of sp³-hybridized carbons (Fsp3) is 0.364. The lowest BCUT2D eigenvalue weighted by Gasteiger charge is -2.26. The average Bonchev–Trinajstić information content (AvgIpc) is 3.19. The van der Waals surface area contributed by atoms with Crippen molar-refractivity contribution in [3.63, 3.8) is 0 Å². The highest BCUT2D eigenvalue weighted by Crippen LogP contribution is 2.25. The first-order valence-electron chi connectivity index (χ1n) is 10.5. The molecule has 4 rings (SSSR count). The van der Waals surface area contributed by atoms with Gasteiger partial charge in [0.15, 0.2) is 5.16 Å². The van der Waals surface area contributed by atoms with E-state index in [1.165, 1.54) is 28.2 Å². The van der Waals surface area contributed by atoms with Crippen LogP contribution >= 0.6 is 11.8 Å². The number of methoxy groups -OCH3 is 1. The van der Waals surface area contributed by atoms with E-state index in [2.05, 4.69) is 10.3 Å². The lowest BCUT2D eigenvalue weighted by molar-refractivity contribution is -0.113. The normalized spacial score (nSPS) is 15.1. The number of para-hydroxylation sites is 2. The molecule has 1 amide bonds. The van der Waals surface area contributed by atoms with Gasteiger partial charge in [-0.2, -0.15) is 4.31 Å². The molecule has 33 heavy (non-hydrogen) atoms. The summed E-state index contributed by atoms with van der Waals surface area (Å²) in [5.41, 5.74) is 2.28. The van der Waals surface area contributed by atoms with E-state index in [9.17, 15) is 13.2 Å². The molecule has 1 N–H and O–H groups in total. The first kappa shape index (κ1) is 23.7. The zero-order valence-electron chi connectivity index (χ0n) is 18.3. The number of carbonyl (C=O) groups excluding carboxylic acids is 1.